The van der Waals surface area contributed by atoms with Crippen LogP contribution in [0.4, 0.5) is 26.3 Å². The van der Waals surface area contributed by atoms with Crippen molar-refractivity contribution in [3.63, 3.8) is 0 Å². The molecule has 0 radical (unpaired) electrons. The summed E-state index contributed by atoms with van der Waals surface area (Å²) in [6.07, 6.45) is -9.88. The molecule has 0 aliphatic carbocycles. The van der Waals surface area contributed by atoms with Crippen molar-refractivity contribution in [1.29, 1.82) is 0 Å². The largest absolute Gasteiger partial charge is 0.416 e. The van der Waals surface area contributed by atoms with Crippen molar-refractivity contribution in [2.24, 2.45) is 5.73 Å². The first kappa shape index (κ1) is 14.8. The predicted octanol–water partition coefficient (Wildman–Crippen LogP) is 3.45. The van der Waals surface area contributed by atoms with Gasteiger partial charge in [0.2, 0.25) is 0 Å². The van der Waals surface area contributed by atoms with Gasteiger partial charge in [0.1, 0.15) is 6.04 Å². The Morgan fingerprint density at radius 1 is 1.11 bits per heavy atom. The predicted molar refractivity (Wildman–Crippen MR) is 53.9 cm³/mol. The first-order valence-electron chi connectivity index (χ1n) is 5.01. The van der Waals surface area contributed by atoms with E-state index in [9.17, 15) is 26.3 Å². The zero-order chi connectivity index (χ0) is 14.1. The third kappa shape index (κ3) is 3.63. The number of hydrogen-bond acceptors (Lipinski definition) is 1. The molecule has 0 bridgehead atoms. The number of nitrogens with two attached hydrogens (primary N) is 1. The van der Waals surface area contributed by atoms with Gasteiger partial charge in [-0.3, -0.25) is 0 Å². The summed E-state index contributed by atoms with van der Waals surface area (Å²) < 4.78 is 74.2. The molecule has 0 aliphatic rings. The second-order valence-electron chi connectivity index (χ2n) is 4.00. The van der Waals surface area contributed by atoms with Crippen molar-refractivity contribution in [3.8, 4) is 0 Å². The summed E-state index contributed by atoms with van der Waals surface area (Å²) in [6.45, 7) is 1.25. The Morgan fingerprint density at radius 3 is 2.11 bits per heavy atom. The zero-order valence-corrected chi connectivity index (χ0v) is 9.36. The molecule has 0 spiro atoms. The van der Waals surface area contributed by atoms with Crippen molar-refractivity contribution < 1.29 is 26.3 Å². The molecule has 2 N–H and O–H groups in total. The second kappa shape index (κ2) is 4.79. The topological polar surface area (TPSA) is 26.0 Å². The van der Waals surface area contributed by atoms with Gasteiger partial charge in [-0.2, -0.15) is 26.3 Å². The molecular weight excluding hydrogens is 260 g/mol. The van der Waals surface area contributed by atoms with E-state index in [1.54, 1.807) is 0 Å². The fourth-order valence-electron chi connectivity index (χ4n) is 1.47. The fourth-order valence-corrected chi connectivity index (χ4v) is 1.47. The van der Waals surface area contributed by atoms with E-state index in [2.05, 4.69) is 0 Å². The van der Waals surface area contributed by atoms with Crippen LogP contribution in [0.25, 0.3) is 0 Å². The van der Waals surface area contributed by atoms with E-state index in [0.29, 0.717) is 6.07 Å². The first-order chi connectivity index (χ1) is 8.01. The summed E-state index contributed by atoms with van der Waals surface area (Å²) in [5.74, 6) is 0. The number of alkyl halides is 6. The number of halogens is 6. The lowest BCUT2D eigenvalue weighted by atomic mass is 10.00. The van der Waals surface area contributed by atoms with Crippen molar-refractivity contribution in [1.82, 2.24) is 0 Å². The number of benzene rings is 1. The van der Waals surface area contributed by atoms with E-state index in [-0.39, 0.29) is 11.1 Å². The van der Waals surface area contributed by atoms with E-state index in [0.717, 1.165) is 6.07 Å². The maximum absolute atomic E-state index is 12.5. The molecule has 0 saturated heterocycles. The summed E-state index contributed by atoms with van der Waals surface area (Å²) in [5.41, 5.74) is 3.82. The van der Waals surface area contributed by atoms with Crippen LogP contribution in [-0.4, -0.2) is 12.2 Å². The lowest BCUT2D eigenvalue weighted by Crippen LogP contribution is -2.39. The molecule has 0 amide bonds. The first-order valence-corrected chi connectivity index (χ1v) is 5.01. The van der Waals surface area contributed by atoms with E-state index >= 15 is 0 Å². The van der Waals surface area contributed by atoms with Crippen LogP contribution in [0.5, 0.6) is 0 Å². The highest BCUT2D eigenvalue weighted by Gasteiger charge is 2.37. The number of aryl methyl sites for hydroxylation is 1. The van der Waals surface area contributed by atoms with Crippen molar-refractivity contribution in [2.45, 2.75) is 31.7 Å². The Balaban J connectivity index is 3.00. The molecule has 102 valence electrons. The molecule has 0 heterocycles. The Morgan fingerprint density at radius 2 is 1.67 bits per heavy atom. The molecule has 1 aromatic rings. The minimum Gasteiger partial charge on any atom is -0.320 e. The van der Waals surface area contributed by atoms with Gasteiger partial charge in [-0.25, -0.2) is 0 Å². The Hall–Kier alpha value is -1.24. The molecule has 1 atom stereocenters. The van der Waals surface area contributed by atoms with E-state index < -0.39 is 30.4 Å². The third-order valence-corrected chi connectivity index (χ3v) is 2.48. The molecule has 18 heavy (non-hydrogen) atoms. The van der Waals surface area contributed by atoms with Crippen LogP contribution in [0, 0.1) is 6.92 Å². The van der Waals surface area contributed by atoms with Crippen LogP contribution in [0.2, 0.25) is 0 Å². The molecule has 1 unspecified atom stereocenters. The lowest BCUT2D eigenvalue weighted by Gasteiger charge is -2.17. The van der Waals surface area contributed by atoms with Gasteiger partial charge >= 0.3 is 12.4 Å². The maximum atomic E-state index is 12.5. The molecule has 0 aromatic heterocycles. The highest BCUT2D eigenvalue weighted by molar-refractivity contribution is 5.33. The lowest BCUT2D eigenvalue weighted by molar-refractivity contribution is -0.147. The van der Waals surface area contributed by atoms with Crippen LogP contribution in [0.3, 0.4) is 0 Å². The van der Waals surface area contributed by atoms with Gasteiger partial charge in [0, 0.05) is 0 Å². The second-order valence-corrected chi connectivity index (χ2v) is 4.00. The number of hydrogen-bond donors (Lipinski definition) is 1. The van der Waals surface area contributed by atoms with Crippen molar-refractivity contribution >= 4 is 0 Å². The molecule has 1 aromatic carbocycles. The summed E-state index contributed by atoms with van der Waals surface area (Å²) in [4.78, 5) is 0. The molecule has 0 aliphatic heterocycles. The summed E-state index contributed by atoms with van der Waals surface area (Å²) >= 11 is 0. The van der Waals surface area contributed by atoms with Crippen molar-refractivity contribution in [3.05, 3.63) is 34.9 Å². The van der Waals surface area contributed by atoms with Crippen LogP contribution in [0.1, 0.15) is 16.7 Å². The third-order valence-electron chi connectivity index (χ3n) is 2.48. The molecule has 0 saturated carbocycles. The van der Waals surface area contributed by atoms with Crippen LogP contribution < -0.4 is 5.73 Å². The van der Waals surface area contributed by atoms with Gasteiger partial charge in [0.15, 0.2) is 0 Å². The monoisotopic (exact) mass is 271 g/mol. The number of rotatable bonds is 2. The Bertz CT molecular complexity index is 421. The average Bonchev–Trinajstić information content (AvgIpc) is 2.17. The van der Waals surface area contributed by atoms with Crippen LogP contribution in [-0.2, 0) is 12.6 Å². The quantitative estimate of drug-likeness (QED) is 0.819. The van der Waals surface area contributed by atoms with Gasteiger partial charge in [-0.05, 0) is 30.5 Å². The van der Waals surface area contributed by atoms with Crippen molar-refractivity contribution in [2.75, 3.05) is 0 Å². The van der Waals surface area contributed by atoms with Gasteiger partial charge in [0.25, 0.3) is 0 Å². The SMILES string of the molecule is Cc1ccc(CC(N)C(F)(F)F)cc1C(F)(F)F. The van der Waals surface area contributed by atoms with E-state index in [1.165, 1.54) is 13.0 Å². The minimum absolute atomic E-state index is 0.0353. The molecule has 7 heteroatoms. The van der Waals surface area contributed by atoms with Gasteiger partial charge in [-0.1, -0.05) is 12.1 Å². The summed E-state index contributed by atoms with van der Waals surface area (Å²) in [7, 11) is 0. The molecular formula is C11H11F6N. The molecule has 1 nitrogen and oxygen atoms in total. The molecule has 1 rings (SSSR count). The van der Waals surface area contributed by atoms with Gasteiger partial charge in [-0.15, -0.1) is 0 Å². The zero-order valence-electron chi connectivity index (χ0n) is 9.36. The van der Waals surface area contributed by atoms with Crippen LogP contribution >= 0.6 is 0 Å². The minimum atomic E-state index is -4.62. The van der Waals surface area contributed by atoms with Crippen LogP contribution in [0.15, 0.2) is 18.2 Å². The fraction of sp³-hybridized carbons (Fsp3) is 0.455. The summed E-state index contributed by atoms with van der Waals surface area (Å²) in [6, 6.07) is 0.902. The normalized spacial score (nSPS) is 14.7. The van der Waals surface area contributed by atoms with E-state index in [1.807, 2.05) is 0 Å². The Labute approximate surface area is 99.6 Å². The highest BCUT2D eigenvalue weighted by atomic mass is 19.4. The maximum Gasteiger partial charge on any atom is 0.416 e. The van der Waals surface area contributed by atoms with Gasteiger partial charge < -0.3 is 5.73 Å². The van der Waals surface area contributed by atoms with Gasteiger partial charge in [0.05, 0.1) is 5.56 Å². The standard InChI is InChI=1S/C11H11F6N/c1-6-2-3-7(4-8(6)10(12,13)14)5-9(18)11(15,16)17/h2-4,9H,5,18H2,1H3. The summed E-state index contributed by atoms with van der Waals surface area (Å²) in [5, 5.41) is 0. The molecule has 0 fully saturated rings. The highest BCUT2D eigenvalue weighted by Crippen LogP contribution is 2.33. The smallest absolute Gasteiger partial charge is 0.320 e. The Kier molecular flexibility index (Phi) is 3.95. The van der Waals surface area contributed by atoms with E-state index in [4.69, 9.17) is 5.73 Å². The average molecular weight is 271 g/mol.